The van der Waals surface area contributed by atoms with Crippen LogP contribution in [0.3, 0.4) is 0 Å². The van der Waals surface area contributed by atoms with Gasteiger partial charge in [0.25, 0.3) is 0 Å². The second-order valence-electron chi connectivity index (χ2n) is 20.7. The first kappa shape index (κ1) is 49.2. The quantitative estimate of drug-likeness (QED) is 0.107. The van der Waals surface area contributed by atoms with Crippen LogP contribution in [0, 0.1) is 13.8 Å². The van der Waals surface area contributed by atoms with Gasteiger partial charge < -0.3 is 9.80 Å². The predicted octanol–water partition coefficient (Wildman–Crippen LogP) is 21.5. The topological polar surface area (TPSA) is 6.48 Å². The average molecular weight is 981 g/mol. The number of rotatable bonds is 14. The Hall–Kier alpha value is -8.98. The van der Waals surface area contributed by atoms with Crippen LogP contribution in [-0.4, -0.2) is 0 Å². The third-order valence-electron chi connectivity index (χ3n) is 14.9. The van der Waals surface area contributed by atoms with Crippen LogP contribution in [-0.2, 0) is 0 Å². The molecule has 0 aliphatic heterocycles. The minimum Gasteiger partial charge on any atom is -0.310 e. The van der Waals surface area contributed by atoms with E-state index >= 15 is 0 Å². The molecule has 0 amide bonds. The van der Waals surface area contributed by atoms with Crippen molar-refractivity contribution in [2.24, 2.45) is 0 Å². The second kappa shape index (κ2) is 21.9. The lowest BCUT2D eigenvalue weighted by atomic mass is 9.91. The Bertz CT molecular complexity index is 3730. The summed E-state index contributed by atoms with van der Waals surface area (Å²) in [5, 5.41) is 0. The van der Waals surface area contributed by atoms with Crippen LogP contribution < -0.4 is 9.80 Å². The van der Waals surface area contributed by atoms with Crippen molar-refractivity contribution in [2.75, 3.05) is 9.80 Å². The molecule has 11 aromatic carbocycles. The average Bonchev–Trinajstić information content (AvgIpc) is 3.50. The van der Waals surface area contributed by atoms with Crippen LogP contribution in [0.2, 0.25) is 0 Å². The lowest BCUT2D eigenvalue weighted by Crippen LogP contribution is -2.11. The Morgan fingerprint density at radius 2 is 0.487 bits per heavy atom. The first-order valence-corrected chi connectivity index (χ1v) is 26.8. The lowest BCUT2D eigenvalue weighted by Gasteiger charge is -2.28. The molecule has 76 heavy (non-hydrogen) atoms. The van der Waals surface area contributed by atoms with Crippen LogP contribution in [0.15, 0.2) is 267 Å². The highest BCUT2D eigenvalue weighted by Gasteiger charge is 2.21. The van der Waals surface area contributed by atoms with Gasteiger partial charge in [-0.25, -0.2) is 0 Å². The van der Waals surface area contributed by atoms with Gasteiger partial charge in [-0.2, -0.15) is 0 Å². The number of nitrogens with zero attached hydrogens (tertiary/aromatic N) is 2. The van der Waals surface area contributed by atoms with Gasteiger partial charge in [0.15, 0.2) is 0 Å². The molecule has 0 aromatic heterocycles. The van der Waals surface area contributed by atoms with Gasteiger partial charge in [0.2, 0.25) is 0 Å². The highest BCUT2D eigenvalue weighted by Crippen LogP contribution is 2.44. The molecular formula is C74H64N2. The molecule has 0 spiro atoms. The standard InChI is InChI=1S/C74H64N2/c1-51(2)73-49-67(41-45-71(73)60-23-15-9-16-24-60)75(63-34-27-57(28-35-63)55-19-11-7-12-20-55)64-38-31-59(32-39-64)62-33-43-69(53(5)47-62)70-44-40-66(48-54(70)6)76(65-36-29-58(30-37-65)56-21-13-8-14-22-56)68-42-46-72(74(50-68)52(3)4)61-25-17-10-18-26-61/h7-52H,1-6H3. The molecule has 0 atom stereocenters. The monoisotopic (exact) mass is 981 g/mol. The van der Waals surface area contributed by atoms with Gasteiger partial charge in [-0.05, 0) is 187 Å². The number of aryl methyl sites for hydroxylation is 2. The molecule has 0 radical (unpaired) electrons. The summed E-state index contributed by atoms with van der Waals surface area (Å²) >= 11 is 0. The summed E-state index contributed by atoms with van der Waals surface area (Å²) in [6, 6.07) is 97.6. The van der Waals surface area contributed by atoms with Crippen LogP contribution >= 0.6 is 0 Å². The van der Waals surface area contributed by atoms with Crippen LogP contribution in [0.1, 0.15) is 61.8 Å². The van der Waals surface area contributed by atoms with Crippen molar-refractivity contribution in [3.05, 3.63) is 289 Å². The maximum absolute atomic E-state index is 2.41. The van der Waals surface area contributed by atoms with Gasteiger partial charge in [-0.15, -0.1) is 0 Å². The maximum atomic E-state index is 2.41. The Balaban J connectivity index is 0.914. The molecule has 0 aliphatic carbocycles. The van der Waals surface area contributed by atoms with Gasteiger partial charge in [-0.1, -0.05) is 222 Å². The van der Waals surface area contributed by atoms with Gasteiger partial charge in [-0.3, -0.25) is 0 Å². The van der Waals surface area contributed by atoms with E-state index in [9.17, 15) is 0 Å². The first-order chi connectivity index (χ1) is 37.2. The minimum absolute atomic E-state index is 0.338. The number of benzene rings is 11. The van der Waals surface area contributed by atoms with E-state index in [-0.39, 0.29) is 0 Å². The maximum Gasteiger partial charge on any atom is 0.0464 e. The van der Waals surface area contributed by atoms with E-state index in [1.165, 1.54) is 89.0 Å². The molecule has 0 bridgehead atoms. The van der Waals surface area contributed by atoms with Gasteiger partial charge in [0.05, 0.1) is 0 Å². The Kier molecular flexibility index (Phi) is 14.2. The molecule has 0 fully saturated rings. The van der Waals surface area contributed by atoms with Crippen LogP contribution in [0.25, 0.3) is 66.8 Å². The summed E-state index contributed by atoms with van der Waals surface area (Å²) in [6.45, 7) is 13.7. The molecule has 370 valence electrons. The molecular weight excluding hydrogens is 917 g/mol. The fraction of sp³-hybridized carbons (Fsp3) is 0.108. The lowest BCUT2D eigenvalue weighted by molar-refractivity contribution is 0.868. The van der Waals surface area contributed by atoms with Crippen molar-refractivity contribution in [2.45, 2.75) is 53.4 Å². The summed E-state index contributed by atoms with van der Waals surface area (Å²) in [6.07, 6.45) is 0. The summed E-state index contributed by atoms with van der Waals surface area (Å²) in [5.41, 5.74) is 26.5. The zero-order valence-electron chi connectivity index (χ0n) is 44.5. The highest BCUT2D eigenvalue weighted by molar-refractivity contribution is 5.86. The van der Waals surface area contributed by atoms with Crippen molar-refractivity contribution >= 4 is 34.1 Å². The summed E-state index contributed by atoms with van der Waals surface area (Å²) in [4.78, 5) is 4.81. The highest BCUT2D eigenvalue weighted by atomic mass is 15.1. The molecule has 0 heterocycles. The summed E-state index contributed by atoms with van der Waals surface area (Å²) < 4.78 is 0. The van der Waals surface area contributed by atoms with Gasteiger partial charge in [0.1, 0.15) is 0 Å². The molecule has 11 aromatic rings. The normalized spacial score (nSPS) is 11.3. The summed E-state index contributed by atoms with van der Waals surface area (Å²) in [5.74, 6) is 0.678. The Morgan fingerprint density at radius 3 is 0.842 bits per heavy atom. The Morgan fingerprint density at radius 1 is 0.224 bits per heavy atom. The zero-order valence-corrected chi connectivity index (χ0v) is 44.5. The molecule has 0 N–H and O–H groups in total. The summed E-state index contributed by atoms with van der Waals surface area (Å²) in [7, 11) is 0. The second-order valence-corrected chi connectivity index (χ2v) is 20.7. The van der Waals surface area contributed by atoms with E-state index in [1.807, 2.05) is 0 Å². The van der Waals surface area contributed by atoms with Crippen LogP contribution in [0.4, 0.5) is 34.1 Å². The van der Waals surface area contributed by atoms with E-state index in [4.69, 9.17) is 0 Å². The first-order valence-electron chi connectivity index (χ1n) is 26.8. The molecule has 0 saturated heterocycles. The fourth-order valence-electron chi connectivity index (χ4n) is 10.9. The van der Waals surface area contributed by atoms with Crippen molar-refractivity contribution in [3.63, 3.8) is 0 Å². The third kappa shape index (κ3) is 10.3. The number of anilines is 6. The largest absolute Gasteiger partial charge is 0.310 e. The van der Waals surface area contributed by atoms with Gasteiger partial charge >= 0.3 is 0 Å². The van der Waals surface area contributed by atoms with Crippen molar-refractivity contribution in [1.82, 2.24) is 0 Å². The number of hydrogen-bond acceptors (Lipinski definition) is 2. The van der Waals surface area contributed by atoms with E-state index in [2.05, 4.69) is 318 Å². The van der Waals surface area contributed by atoms with E-state index in [1.54, 1.807) is 0 Å². The van der Waals surface area contributed by atoms with Crippen LogP contribution in [0.5, 0.6) is 0 Å². The molecule has 11 rings (SSSR count). The van der Waals surface area contributed by atoms with Crippen molar-refractivity contribution in [3.8, 4) is 66.8 Å². The van der Waals surface area contributed by atoms with Crippen molar-refractivity contribution < 1.29 is 0 Å². The van der Waals surface area contributed by atoms with Crippen molar-refractivity contribution in [1.29, 1.82) is 0 Å². The molecule has 0 unspecified atom stereocenters. The third-order valence-corrected chi connectivity index (χ3v) is 14.9. The van der Waals surface area contributed by atoms with E-state index in [0.717, 1.165) is 34.1 Å². The van der Waals surface area contributed by atoms with E-state index < -0.39 is 0 Å². The van der Waals surface area contributed by atoms with E-state index in [0.29, 0.717) is 11.8 Å². The minimum atomic E-state index is 0.338. The molecule has 0 aliphatic rings. The molecule has 2 nitrogen and oxygen atoms in total. The number of hydrogen-bond donors (Lipinski definition) is 0. The molecule has 2 heteroatoms. The Labute approximate surface area is 450 Å². The smallest absolute Gasteiger partial charge is 0.0464 e. The van der Waals surface area contributed by atoms with Gasteiger partial charge in [0, 0.05) is 34.1 Å². The predicted molar refractivity (Wildman–Crippen MR) is 326 cm³/mol. The SMILES string of the molecule is Cc1cc(-c2ccc(N(c3ccc(-c4ccccc4)cc3)c3ccc(-c4ccccc4)c(C(C)C)c3)cc2)ccc1-c1ccc(N(c2ccc(-c3ccccc3)cc2)c2ccc(-c3ccccc3)c(C(C)C)c2)cc1C. The molecule has 0 saturated carbocycles. The zero-order chi connectivity index (χ0) is 52.1. The fourth-order valence-corrected chi connectivity index (χ4v) is 10.9.